The molecule has 102 valence electrons. The molecular weight excluding hydrogens is 238 g/mol. The van der Waals surface area contributed by atoms with Crippen LogP contribution in [0.5, 0.6) is 11.9 Å². The van der Waals surface area contributed by atoms with E-state index >= 15 is 0 Å². The number of hydrogen-bond donors (Lipinski definition) is 3. The molecule has 0 aliphatic carbocycles. The molecule has 0 aliphatic heterocycles. The lowest BCUT2D eigenvalue weighted by Gasteiger charge is -2.19. The maximum absolute atomic E-state index is 10.0. The number of aliphatic hydroxyl groups is 2. The van der Waals surface area contributed by atoms with Gasteiger partial charge in [0.25, 0.3) is 0 Å². The van der Waals surface area contributed by atoms with Gasteiger partial charge in [-0.1, -0.05) is 0 Å². The standard InChI is InChI=1S/C11H19N3O4/c1-12-5-4-8(15)9(16)7-6-13-11(18-3)14-10(7)17-2/h6,8-9,12,15-16H,4-5H2,1-3H3. The smallest absolute Gasteiger partial charge is 0.319 e. The fourth-order valence-electron chi connectivity index (χ4n) is 1.48. The first-order valence-electron chi connectivity index (χ1n) is 5.59. The number of aromatic nitrogens is 2. The van der Waals surface area contributed by atoms with Gasteiger partial charge in [0.05, 0.1) is 25.9 Å². The van der Waals surface area contributed by atoms with Crippen LogP contribution in [0.4, 0.5) is 0 Å². The molecule has 1 aromatic heterocycles. The lowest BCUT2D eigenvalue weighted by molar-refractivity contribution is 0.0120. The van der Waals surface area contributed by atoms with Crippen molar-refractivity contribution in [3.8, 4) is 11.9 Å². The van der Waals surface area contributed by atoms with Gasteiger partial charge in [0.2, 0.25) is 5.88 Å². The summed E-state index contributed by atoms with van der Waals surface area (Å²) in [5.41, 5.74) is 0.335. The summed E-state index contributed by atoms with van der Waals surface area (Å²) in [5, 5.41) is 22.7. The van der Waals surface area contributed by atoms with Gasteiger partial charge in [-0.25, -0.2) is 4.98 Å². The van der Waals surface area contributed by atoms with E-state index in [0.29, 0.717) is 18.5 Å². The number of ether oxygens (including phenoxy) is 2. The van der Waals surface area contributed by atoms with E-state index in [-0.39, 0.29) is 11.9 Å². The van der Waals surface area contributed by atoms with Gasteiger partial charge in [0, 0.05) is 6.20 Å². The molecule has 0 radical (unpaired) electrons. The van der Waals surface area contributed by atoms with Crippen molar-refractivity contribution in [2.24, 2.45) is 0 Å². The fraction of sp³-hybridized carbons (Fsp3) is 0.636. The summed E-state index contributed by atoms with van der Waals surface area (Å²) in [4.78, 5) is 7.84. The van der Waals surface area contributed by atoms with E-state index in [1.54, 1.807) is 7.05 Å². The molecular formula is C11H19N3O4. The Labute approximate surface area is 106 Å². The summed E-state index contributed by atoms with van der Waals surface area (Å²) in [6.07, 6.45) is -0.215. The Bertz CT molecular complexity index is 375. The maximum Gasteiger partial charge on any atom is 0.319 e. The van der Waals surface area contributed by atoms with E-state index in [9.17, 15) is 10.2 Å². The minimum absolute atomic E-state index is 0.146. The van der Waals surface area contributed by atoms with E-state index in [0.717, 1.165) is 0 Å². The predicted molar refractivity (Wildman–Crippen MR) is 64.6 cm³/mol. The molecule has 2 unspecified atom stereocenters. The number of hydrogen-bond acceptors (Lipinski definition) is 7. The Morgan fingerprint density at radius 3 is 2.61 bits per heavy atom. The average molecular weight is 257 g/mol. The van der Waals surface area contributed by atoms with Gasteiger partial charge in [0.1, 0.15) is 6.10 Å². The van der Waals surface area contributed by atoms with Crippen molar-refractivity contribution in [2.45, 2.75) is 18.6 Å². The Kier molecular flexibility index (Phi) is 5.76. The third-order valence-electron chi connectivity index (χ3n) is 2.51. The van der Waals surface area contributed by atoms with Crippen LogP contribution in [0.1, 0.15) is 18.1 Å². The van der Waals surface area contributed by atoms with Crippen LogP contribution in [0.25, 0.3) is 0 Å². The maximum atomic E-state index is 10.0. The SMILES string of the molecule is CNCCC(O)C(O)c1cnc(OC)nc1OC. The molecule has 0 saturated heterocycles. The topological polar surface area (TPSA) is 96.7 Å². The molecule has 3 N–H and O–H groups in total. The van der Waals surface area contributed by atoms with Crippen molar-refractivity contribution < 1.29 is 19.7 Å². The molecule has 1 heterocycles. The van der Waals surface area contributed by atoms with Gasteiger partial charge in [-0.3, -0.25) is 0 Å². The van der Waals surface area contributed by atoms with Crippen molar-refractivity contribution in [3.05, 3.63) is 11.8 Å². The molecule has 2 atom stereocenters. The molecule has 18 heavy (non-hydrogen) atoms. The van der Waals surface area contributed by atoms with Crippen LogP contribution in [-0.2, 0) is 0 Å². The predicted octanol–water partition coefficient (Wildman–Crippen LogP) is -0.502. The van der Waals surface area contributed by atoms with Crippen LogP contribution in [0, 0.1) is 0 Å². The second kappa shape index (κ2) is 7.10. The Hall–Kier alpha value is -1.44. The monoisotopic (exact) mass is 257 g/mol. The third-order valence-corrected chi connectivity index (χ3v) is 2.51. The van der Waals surface area contributed by atoms with Gasteiger partial charge >= 0.3 is 6.01 Å². The minimum Gasteiger partial charge on any atom is -0.481 e. The molecule has 0 amide bonds. The molecule has 0 bridgehead atoms. The van der Waals surface area contributed by atoms with E-state index < -0.39 is 12.2 Å². The van der Waals surface area contributed by atoms with Crippen molar-refractivity contribution in [1.82, 2.24) is 15.3 Å². The van der Waals surface area contributed by atoms with Crippen LogP contribution in [0.2, 0.25) is 0 Å². The summed E-state index contributed by atoms with van der Waals surface area (Å²) < 4.78 is 9.91. The Morgan fingerprint density at radius 1 is 1.33 bits per heavy atom. The Morgan fingerprint density at radius 2 is 2.06 bits per heavy atom. The van der Waals surface area contributed by atoms with Crippen molar-refractivity contribution >= 4 is 0 Å². The second-order valence-corrected chi connectivity index (χ2v) is 3.73. The van der Waals surface area contributed by atoms with Gasteiger partial charge in [0.15, 0.2) is 0 Å². The van der Waals surface area contributed by atoms with Crippen LogP contribution in [0.3, 0.4) is 0 Å². The first-order valence-corrected chi connectivity index (χ1v) is 5.59. The molecule has 0 aliphatic rings. The lowest BCUT2D eigenvalue weighted by Crippen LogP contribution is -2.24. The molecule has 7 nitrogen and oxygen atoms in total. The highest BCUT2D eigenvalue weighted by molar-refractivity contribution is 5.28. The first kappa shape index (κ1) is 14.6. The lowest BCUT2D eigenvalue weighted by atomic mass is 10.0. The molecule has 7 heteroatoms. The second-order valence-electron chi connectivity index (χ2n) is 3.73. The van der Waals surface area contributed by atoms with Crippen LogP contribution in [0.15, 0.2) is 6.20 Å². The normalized spacial score (nSPS) is 14.1. The number of nitrogens with one attached hydrogen (secondary N) is 1. The number of nitrogens with zero attached hydrogens (tertiary/aromatic N) is 2. The zero-order chi connectivity index (χ0) is 13.5. The summed E-state index contributed by atoms with van der Waals surface area (Å²) in [5.74, 6) is 0.192. The van der Waals surface area contributed by atoms with Gasteiger partial charge < -0.3 is 25.0 Å². The molecule has 0 aromatic carbocycles. The minimum atomic E-state index is -1.10. The summed E-state index contributed by atoms with van der Waals surface area (Å²) >= 11 is 0. The average Bonchev–Trinajstić information content (AvgIpc) is 2.43. The number of rotatable bonds is 7. The molecule has 1 aromatic rings. The van der Waals surface area contributed by atoms with E-state index in [4.69, 9.17) is 9.47 Å². The zero-order valence-electron chi connectivity index (χ0n) is 10.8. The summed E-state index contributed by atoms with van der Waals surface area (Å²) in [6.45, 7) is 0.595. The quantitative estimate of drug-likeness (QED) is 0.605. The van der Waals surface area contributed by atoms with Crippen molar-refractivity contribution in [1.29, 1.82) is 0 Å². The zero-order valence-corrected chi connectivity index (χ0v) is 10.8. The molecule has 1 rings (SSSR count). The summed E-state index contributed by atoms with van der Waals surface area (Å²) in [7, 11) is 4.64. The van der Waals surface area contributed by atoms with Crippen molar-refractivity contribution in [2.75, 3.05) is 27.8 Å². The highest BCUT2D eigenvalue weighted by Gasteiger charge is 2.23. The molecule has 0 fully saturated rings. The van der Waals surface area contributed by atoms with E-state index in [1.807, 2.05) is 0 Å². The Balaban J connectivity index is 2.86. The first-order chi connectivity index (χ1) is 8.63. The number of methoxy groups -OCH3 is 2. The van der Waals surface area contributed by atoms with Gasteiger partial charge in [-0.2, -0.15) is 4.98 Å². The van der Waals surface area contributed by atoms with Crippen LogP contribution < -0.4 is 14.8 Å². The van der Waals surface area contributed by atoms with Crippen LogP contribution >= 0.6 is 0 Å². The van der Waals surface area contributed by atoms with Crippen molar-refractivity contribution in [3.63, 3.8) is 0 Å². The number of aliphatic hydroxyl groups excluding tert-OH is 2. The van der Waals surface area contributed by atoms with E-state index in [2.05, 4.69) is 15.3 Å². The van der Waals surface area contributed by atoms with Crippen LogP contribution in [-0.4, -0.2) is 54.1 Å². The summed E-state index contributed by atoms with van der Waals surface area (Å²) in [6, 6.07) is 0.146. The molecule has 0 saturated carbocycles. The highest BCUT2D eigenvalue weighted by Crippen LogP contribution is 2.27. The third kappa shape index (κ3) is 3.52. The largest absolute Gasteiger partial charge is 0.481 e. The van der Waals surface area contributed by atoms with Gasteiger partial charge in [-0.05, 0) is 20.0 Å². The van der Waals surface area contributed by atoms with Gasteiger partial charge in [-0.15, -0.1) is 0 Å². The van der Waals surface area contributed by atoms with E-state index in [1.165, 1.54) is 20.4 Å². The molecule has 0 spiro atoms. The highest BCUT2D eigenvalue weighted by atomic mass is 16.5. The fourth-order valence-corrected chi connectivity index (χ4v) is 1.48.